The normalized spacial score (nSPS) is 14.4. The zero-order chi connectivity index (χ0) is 20.4. The second kappa shape index (κ2) is 8.19. The lowest BCUT2D eigenvalue weighted by Crippen LogP contribution is -2.49. The van der Waals surface area contributed by atoms with Crippen molar-refractivity contribution < 1.29 is 9.53 Å². The average molecular weight is 392 g/mol. The van der Waals surface area contributed by atoms with Gasteiger partial charge in [0.05, 0.1) is 6.61 Å². The van der Waals surface area contributed by atoms with Crippen LogP contribution in [0.2, 0.25) is 0 Å². The van der Waals surface area contributed by atoms with Crippen molar-refractivity contribution in [3.8, 4) is 5.75 Å². The minimum atomic E-state index is 0.131. The van der Waals surface area contributed by atoms with E-state index in [0.29, 0.717) is 6.61 Å². The zero-order valence-corrected chi connectivity index (χ0v) is 17.5. The van der Waals surface area contributed by atoms with E-state index in [1.165, 1.54) is 5.69 Å². The Morgan fingerprint density at radius 3 is 2.38 bits per heavy atom. The molecule has 2 aromatic carbocycles. The lowest BCUT2D eigenvalue weighted by molar-refractivity contribution is 0.0735. The van der Waals surface area contributed by atoms with E-state index in [4.69, 9.17) is 4.74 Å². The van der Waals surface area contributed by atoms with Crippen LogP contribution < -0.4 is 9.64 Å². The molecule has 1 amide bonds. The number of para-hydroxylation sites is 1. The number of carbonyl (C=O) groups excluding carboxylic acids is 1. The zero-order valence-electron chi connectivity index (χ0n) is 17.5. The third-order valence-corrected chi connectivity index (χ3v) is 5.81. The highest BCUT2D eigenvalue weighted by atomic mass is 16.5. The highest BCUT2D eigenvalue weighted by Gasteiger charge is 2.27. The van der Waals surface area contributed by atoms with Gasteiger partial charge < -0.3 is 19.1 Å². The molecule has 2 heterocycles. The molecule has 0 radical (unpaired) electrons. The summed E-state index contributed by atoms with van der Waals surface area (Å²) in [7, 11) is 0. The summed E-state index contributed by atoms with van der Waals surface area (Å²) in [6.45, 7) is 10.7. The Morgan fingerprint density at radius 2 is 1.72 bits per heavy atom. The van der Waals surface area contributed by atoms with Crippen molar-refractivity contribution in [1.82, 2.24) is 9.47 Å². The average Bonchev–Trinajstić information content (AvgIpc) is 3.05. The van der Waals surface area contributed by atoms with Crippen LogP contribution in [0.4, 0.5) is 5.69 Å². The van der Waals surface area contributed by atoms with Gasteiger partial charge in [-0.1, -0.05) is 18.2 Å². The monoisotopic (exact) mass is 391 g/mol. The largest absolute Gasteiger partial charge is 0.494 e. The molecule has 1 aromatic heterocycles. The molecule has 29 heavy (non-hydrogen) atoms. The minimum Gasteiger partial charge on any atom is -0.494 e. The lowest BCUT2D eigenvalue weighted by atomic mass is 10.1. The van der Waals surface area contributed by atoms with Crippen LogP contribution in [-0.2, 0) is 6.54 Å². The van der Waals surface area contributed by atoms with Gasteiger partial charge in [-0.05, 0) is 56.7 Å². The summed E-state index contributed by atoms with van der Waals surface area (Å²) < 4.78 is 7.82. The standard InChI is InChI=1S/C24H29N3O2/c1-4-27-22-12-11-20(29-5-2)17-21(22)18(3)23(27)24(28)26-15-13-25(14-16-26)19-9-7-6-8-10-19/h6-12,17H,4-5,13-16H2,1-3H3. The van der Waals surface area contributed by atoms with Gasteiger partial charge in [0.25, 0.3) is 5.91 Å². The van der Waals surface area contributed by atoms with Crippen molar-refractivity contribution in [2.75, 3.05) is 37.7 Å². The van der Waals surface area contributed by atoms with E-state index in [-0.39, 0.29) is 5.91 Å². The fourth-order valence-corrected chi connectivity index (χ4v) is 4.32. The predicted octanol–water partition coefficient (Wildman–Crippen LogP) is 4.33. The molecule has 0 bridgehead atoms. The van der Waals surface area contributed by atoms with Crippen molar-refractivity contribution in [1.29, 1.82) is 0 Å². The first-order valence-electron chi connectivity index (χ1n) is 10.5. The number of carbonyl (C=O) groups is 1. The number of amides is 1. The number of nitrogens with zero attached hydrogens (tertiary/aromatic N) is 3. The van der Waals surface area contributed by atoms with Gasteiger partial charge in [-0.3, -0.25) is 4.79 Å². The Bertz CT molecular complexity index is 1000. The molecule has 1 saturated heterocycles. The summed E-state index contributed by atoms with van der Waals surface area (Å²) >= 11 is 0. The quantitative estimate of drug-likeness (QED) is 0.650. The molecule has 3 aromatic rings. The van der Waals surface area contributed by atoms with E-state index < -0.39 is 0 Å². The van der Waals surface area contributed by atoms with Crippen LogP contribution in [0.15, 0.2) is 48.5 Å². The van der Waals surface area contributed by atoms with Crippen molar-refractivity contribution in [3.05, 3.63) is 59.8 Å². The Kier molecular flexibility index (Phi) is 5.47. The van der Waals surface area contributed by atoms with Crippen molar-refractivity contribution in [3.63, 3.8) is 0 Å². The number of aryl methyl sites for hydroxylation is 2. The van der Waals surface area contributed by atoms with E-state index in [1.807, 2.05) is 24.0 Å². The third kappa shape index (κ3) is 3.57. The van der Waals surface area contributed by atoms with Crippen LogP contribution in [0.1, 0.15) is 29.9 Å². The molecule has 5 nitrogen and oxygen atoms in total. The van der Waals surface area contributed by atoms with Crippen LogP contribution in [0.25, 0.3) is 10.9 Å². The van der Waals surface area contributed by atoms with E-state index in [0.717, 1.165) is 60.6 Å². The van der Waals surface area contributed by atoms with Crippen LogP contribution in [-0.4, -0.2) is 48.2 Å². The SMILES string of the molecule is CCOc1ccc2c(c1)c(C)c(C(=O)N1CCN(c3ccccc3)CC1)n2CC. The number of piperazine rings is 1. The van der Waals surface area contributed by atoms with Gasteiger partial charge in [-0.2, -0.15) is 0 Å². The molecular weight excluding hydrogens is 362 g/mol. The van der Waals surface area contributed by atoms with Crippen LogP contribution in [0.5, 0.6) is 5.75 Å². The first-order chi connectivity index (χ1) is 14.1. The smallest absolute Gasteiger partial charge is 0.270 e. The molecule has 0 atom stereocenters. The van der Waals surface area contributed by atoms with E-state index in [1.54, 1.807) is 0 Å². The summed E-state index contributed by atoms with van der Waals surface area (Å²) in [4.78, 5) is 17.8. The van der Waals surface area contributed by atoms with E-state index in [2.05, 4.69) is 59.7 Å². The summed E-state index contributed by atoms with van der Waals surface area (Å²) in [6, 6.07) is 16.5. The Labute approximate surface area is 172 Å². The van der Waals surface area contributed by atoms with Crippen molar-refractivity contribution >= 4 is 22.5 Å². The summed E-state index contributed by atoms with van der Waals surface area (Å²) in [6.07, 6.45) is 0. The molecule has 4 rings (SSSR count). The Balaban J connectivity index is 1.59. The topological polar surface area (TPSA) is 37.7 Å². The van der Waals surface area contributed by atoms with Crippen LogP contribution in [0, 0.1) is 6.92 Å². The maximum absolute atomic E-state index is 13.5. The highest BCUT2D eigenvalue weighted by Crippen LogP contribution is 2.30. The molecule has 5 heteroatoms. The van der Waals surface area contributed by atoms with Crippen molar-refractivity contribution in [2.24, 2.45) is 0 Å². The number of fused-ring (bicyclic) bond motifs is 1. The minimum absolute atomic E-state index is 0.131. The molecular formula is C24H29N3O2. The summed E-state index contributed by atoms with van der Waals surface area (Å²) in [5.74, 6) is 0.984. The second-order valence-electron chi connectivity index (χ2n) is 7.44. The third-order valence-electron chi connectivity index (χ3n) is 5.81. The van der Waals surface area contributed by atoms with Gasteiger partial charge in [0.1, 0.15) is 11.4 Å². The number of anilines is 1. The highest BCUT2D eigenvalue weighted by molar-refractivity contribution is 6.02. The van der Waals surface area contributed by atoms with Gasteiger partial charge >= 0.3 is 0 Å². The van der Waals surface area contributed by atoms with Gasteiger partial charge in [0, 0.05) is 49.3 Å². The Morgan fingerprint density at radius 1 is 1.00 bits per heavy atom. The maximum Gasteiger partial charge on any atom is 0.270 e. The molecule has 0 spiro atoms. The molecule has 0 aliphatic carbocycles. The first kappa shape index (κ1) is 19.4. The number of ether oxygens (including phenoxy) is 1. The van der Waals surface area contributed by atoms with E-state index >= 15 is 0 Å². The fraction of sp³-hybridized carbons (Fsp3) is 0.375. The molecule has 1 aliphatic heterocycles. The molecule has 152 valence electrons. The van der Waals surface area contributed by atoms with Crippen molar-refractivity contribution in [2.45, 2.75) is 27.3 Å². The van der Waals surface area contributed by atoms with Gasteiger partial charge in [0.2, 0.25) is 0 Å². The Hall–Kier alpha value is -2.95. The maximum atomic E-state index is 13.5. The summed E-state index contributed by atoms with van der Waals surface area (Å²) in [5.41, 5.74) is 4.17. The number of hydrogen-bond donors (Lipinski definition) is 0. The predicted molar refractivity (Wildman–Crippen MR) is 118 cm³/mol. The van der Waals surface area contributed by atoms with Gasteiger partial charge in [-0.15, -0.1) is 0 Å². The summed E-state index contributed by atoms with van der Waals surface area (Å²) in [5, 5.41) is 1.10. The number of hydrogen-bond acceptors (Lipinski definition) is 3. The number of benzene rings is 2. The van der Waals surface area contributed by atoms with Gasteiger partial charge in [0.15, 0.2) is 0 Å². The van der Waals surface area contributed by atoms with Crippen LogP contribution in [0.3, 0.4) is 0 Å². The molecule has 1 fully saturated rings. The molecule has 1 aliphatic rings. The molecule has 0 N–H and O–H groups in total. The lowest BCUT2D eigenvalue weighted by Gasteiger charge is -2.36. The van der Waals surface area contributed by atoms with Gasteiger partial charge in [-0.25, -0.2) is 0 Å². The van der Waals surface area contributed by atoms with Crippen LogP contribution >= 0.6 is 0 Å². The first-order valence-corrected chi connectivity index (χ1v) is 10.5. The number of aromatic nitrogens is 1. The fourth-order valence-electron chi connectivity index (χ4n) is 4.32. The molecule has 0 saturated carbocycles. The second-order valence-corrected chi connectivity index (χ2v) is 7.44. The van der Waals surface area contributed by atoms with E-state index in [9.17, 15) is 4.79 Å². The molecule has 0 unspecified atom stereocenters. The number of rotatable bonds is 5.